The van der Waals surface area contributed by atoms with E-state index < -0.39 is 5.97 Å². The number of amides is 1. The number of aliphatic carboxylic acids is 1. The summed E-state index contributed by atoms with van der Waals surface area (Å²) in [6, 6.07) is 0. The average Bonchev–Trinajstić information content (AvgIpc) is 2.26. The van der Waals surface area contributed by atoms with Crippen LogP contribution in [0, 0.1) is 17.8 Å². The highest BCUT2D eigenvalue weighted by molar-refractivity contribution is 5.75. The van der Waals surface area contributed by atoms with Crippen molar-refractivity contribution in [2.75, 3.05) is 6.54 Å². The summed E-state index contributed by atoms with van der Waals surface area (Å²) in [5, 5.41) is 10.2. The molecule has 0 aromatic rings. The number of hydrazine groups is 1. The van der Waals surface area contributed by atoms with Crippen LogP contribution in [0.3, 0.4) is 0 Å². The molecule has 0 heterocycles. The monoisotopic (exact) mass is 286 g/mol. The average molecular weight is 286 g/mol. The predicted molar refractivity (Wildman–Crippen MR) is 79.8 cm³/mol. The number of hydrogen-bond donors (Lipinski definition) is 2. The zero-order chi connectivity index (χ0) is 15.7. The summed E-state index contributed by atoms with van der Waals surface area (Å²) in [6.07, 6.45) is 3.42. The van der Waals surface area contributed by atoms with Crippen molar-refractivity contribution in [1.29, 1.82) is 0 Å². The quantitative estimate of drug-likeness (QED) is 0.367. The molecule has 0 aliphatic heterocycles. The number of carboxylic acid groups (broad SMARTS) is 1. The maximum atomic E-state index is 11.8. The summed E-state index contributed by atoms with van der Waals surface area (Å²) in [5.74, 6) is 5.48. The summed E-state index contributed by atoms with van der Waals surface area (Å²) < 4.78 is 0. The summed E-state index contributed by atoms with van der Waals surface area (Å²) in [5.41, 5.74) is 0. The first-order chi connectivity index (χ1) is 9.26. The van der Waals surface area contributed by atoms with E-state index in [0.29, 0.717) is 18.9 Å². The van der Waals surface area contributed by atoms with E-state index in [-0.39, 0.29) is 24.2 Å². The molecule has 2 unspecified atom stereocenters. The standard InChI is InChI=1S/C15H30N2O3/c1-5-6-12(4)8-13(9-15(19)20)10-17(16)14(18)7-11(2)3/h11-13H,5-10,16H2,1-4H3,(H,19,20). The molecule has 0 aliphatic rings. The van der Waals surface area contributed by atoms with Crippen molar-refractivity contribution in [3.8, 4) is 0 Å². The van der Waals surface area contributed by atoms with Crippen LogP contribution in [0.25, 0.3) is 0 Å². The van der Waals surface area contributed by atoms with Gasteiger partial charge < -0.3 is 5.11 Å². The van der Waals surface area contributed by atoms with E-state index in [9.17, 15) is 9.59 Å². The number of carbonyl (C=O) groups excluding carboxylic acids is 1. The molecule has 0 spiro atoms. The van der Waals surface area contributed by atoms with Crippen molar-refractivity contribution in [3.63, 3.8) is 0 Å². The van der Waals surface area contributed by atoms with Crippen molar-refractivity contribution >= 4 is 11.9 Å². The zero-order valence-corrected chi connectivity index (χ0v) is 13.3. The largest absolute Gasteiger partial charge is 0.481 e. The Kier molecular flexibility index (Phi) is 9.21. The third-order valence-corrected chi connectivity index (χ3v) is 3.34. The Morgan fingerprint density at radius 3 is 2.25 bits per heavy atom. The van der Waals surface area contributed by atoms with E-state index >= 15 is 0 Å². The van der Waals surface area contributed by atoms with Crippen molar-refractivity contribution in [2.24, 2.45) is 23.6 Å². The van der Waals surface area contributed by atoms with Crippen LogP contribution < -0.4 is 5.84 Å². The Balaban J connectivity index is 4.47. The van der Waals surface area contributed by atoms with Gasteiger partial charge in [0.2, 0.25) is 5.91 Å². The van der Waals surface area contributed by atoms with E-state index in [1.165, 1.54) is 5.01 Å². The Bertz CT molecular complexity index is 305. The fourth-order valence-corrected chi connectivity index (χ4v) is 2.50. The smallest absolute Gasteiger partial charge is 0.303 e. The molecule has 0 saturated heterocycles. The van der Waals surface area contributed by atoms with Crippen LogP contribution in [-0.2, 0) is 9.59 Å². The van der Waals surface area contributed by atoms with E-state index in [4.69, 9.17) is 10.9 Å². The van der Waals surface area contributed by atoms with Gasteiger partial charge in [0.15, 0.2) is 0 Å². The summed E-state index contributed by atoms with van der Waals surface area (Å²) in [7, 11) is 0. The van der Waals surface area contributed by atoms with Crippen LogP contribution in [-0.4, -0.2) is 28.5 Å². The van der Waals surface area contributed by atoms with Gasteiger partial charge in [-0.05, 0) is 24.2 Å². The normalized spacial score (nSPS) is 14.1. The summed E-state index contributed by atoms with van der Waals surface area (Å²) in [6.45, 7) is 8.48. The maximum Gasteiger partial charge on any atom is 0.303 e. The Hall–Kier alpha value is -1.10. The second-order valence-corrected chi connectivity index (χ2v) is 6.24. The summed E-state index contributed by atoms with van der Waals surface area (Å²) >= 11 is 0. The first kappa shape index (κ1) is 18.9. The molecule has 0 aromatic carbocycles. The van der Waals surface area contributed by atoms with Crippen LogP contribution >= 0.6 is 0 Å². The second kappa shape index (κ2) is 9.75. The van der Waals surface area contributed by atoms with E-state index in [0.717, 1.165) is 19.3 Å². The minimum absolute atomic E-state index is 0.0662. The maximum absolute atomic E-state index is 11.8. The fourth-order valence-electron chi connectivity index (χ4n) is 2.50. The molecule has 5 heteroatoms. The molecular formula is C15H30N2O3. The fraction of sp³-hybridized carbons (Fsp3) is 0.867. The van der Waals surface area contributed by atoms with Crippen LogP contribution in [0.5, 0.6) is 0 Å². The minimum atomic E-state index is -0.830. The van der Waals surface area contributed by atoms with Gasteiger partial charge >= 0.3 is 5.97 Å². The molecule has 20 heavy (non-hydrogen) atoms. The highest BCUT2D eigenvalue weighted by Crippen LogP contribution is 2.20. The van der Waals surface area contributed by atoms with Gasteiger partial charge in [-0.2, -0.15) is 0 Å². The van der Waals surface area contributed by atoms with Gasteiger partial charge in [0.25, 0.3) is 0 Å². The third-order valence-electron chi connectivity index (χ3n) is 3.34. The number of carboxylic acids is 1. The first-order valence-corrected chi connectivity index (χ1v) is 7.53. The Morgan fingerprint density at radius 1 is 1.20 bits per heavy atom. The molecule has 0 radical (unpaired) electrons. The molecular weight excluding hydrogens is 256 g/mol. The highest BCUT2D eigenvalue weighted by Gasteiger charge is 2.21. The van der Waals surface area contributed by atoms with Crippen LogP contribution in [0.15, 0.2) is 0 Å². The lowest BCUT2D eigenvalue weighted by Crippen LogP contribution is -2.42. The van der Waals surface area contributed by atoms with Gasteiger partial charge in [-0.1, -0.05) is 40.5 Å². The molecule has 1 amide bonds. The van der Waals surface area contributed by atoms with Gasteiger partial charge in [-0.3, -0.25) is 14.6 Å². The number of nitrogens with two attached hydrogens (primary N) is 1. The SMILES string of the molecule is CCCC(C)CC(CC(=O)O)CN(N)C(=O)CC(C)C. The molecule has 0 aliphatic carbocycles. The second-order valence-electron chi connectivity index (χ2n) is 6.24. The zero-order valence-electron chi connectivity index (χ0n) is 13.3. The Morgan fingerprint density at radius 2 is 1.80 bits per heavy atom. The Labute approximate surface area is 122 Å². The van der Waals surface area contributed by atoms with Crippen molar-refractivity contribution in [1.82, 2.24) is 5.01 Å². The third kappa shape index (κ3) is 8.91. The molecule has 5 nitrogen and oxygen atoms in total. The number of hydrogen-bond acceptors (Lipinski definition) is 3. The molecule has 2 atom stereocenters. The lowest BCUT2D eigenvalue weighted by Gasteiger charge is -2.25. The molecule has 3 N–H and O–H groups in total. The van der Waals surface area contributed by atoms with Gasteiger partial charge in [-0.25, -0.2) is 5.84 Å². The number of nitrogens with zero attached hydrogens (tertiary/aromatic N) is 1. The van der Waals surface area contributed by atoms with Crippen molar-refractivity contribution in [3.05, 3.63) is 0 Å². The first-order valence-electron chi connectivity index (χ1n) is 7.53. The molecule has 0 saturated carbocycles. The molecule has 0 fully saturated rings. The van der Waals surface area contributed by atoms with Gasteiger partial charge in [0, 0.05) is 19.4 Å². The van der Waals surface area contributed by atoms with Crippen molar-refractivity contribution in [2.45, 2.75) is 59.8 Å². The number of carbonyl (C=O) groups is 2. The predicted octanol–water partition coefficient (Wildman–Crippen LogP) is 2.65. The van der Waals surface area contributed by atoms with Crippen LogP contribution in [0.2, 0.25) is 0 Å². The van der Waals surface area contributed by atoms with E-state index in [1.54, 1.807) is 0 Å². The molecule has 118 valence electrons. The highest BCUT2D eigenvalue weighted by atomic mass is 16.4. The lowest BCUT2D eigenvalue weighted by molar-refractivity contribution is -0.140. The minimum Gasteiger partial charge on any atom is -0.481 e. The van der Waals surface area contributed by atoms with Gasteiger partial charge in [0.1, 0.15) is 0 Å². The van der Waals surface area contributed by atoms with Crippen LogP contribution in [0.1, 0.15) is 59.8 Å². The summed E-state index contributed by atoms with van der Waals surface area (Å²) in [4.78, 5) is 22.8. The van der Waals surface area contributed by atoms with E-state index in [2.05, 4.69) is 13.8 Å². The van der Waals surface area contributed by atoms with Gasteiger partial charge in [0.05, 0.1) is 0 Å². The van der Waals surface area contributed by atoms with Crippen molar-refractivity contribution < 1.29 is 14.7 Å². The molecule has 0 rings (SSSR count). The van der Waals surface area contributed by atoms with Crippen LogP contribution in [0.4, 0.5) is 0 Å². The number of rotatable bonds is 10. The molecule has 0 aromatic heterocycles. The van der Waals surface area contributed by atoms with E-state index in [1.807, 2.05) is 13.8 Å². The topological polar surface area (TPSA) is 83.6 Å². The lowest BCUT2D eigenvalue weighted by atomic mass is 9.90. The molecule has 0 bridgehead atoms. The van der Waals surface area contributed by atoms with Gasteiger partial charge in [-0.15, -0.1) is 0 Å².